The van der Waals surface area contributed by atoms with E-state index in [9.17, 15) is 10.1 Å². The molecule has 0 aromatic heterocycles. The molecular formula is C14H21N3O2. The van der Waals surface area contributed by atoms with Crippen LogP contribution in [0.4, 0.5) is 11.4 Å². The molecule has 1 aromatic carbocycles. The molecule has 0 radical (unpaired) electrons. The molecule has 5 heteroatoms. The maximum absolute atomic E-state index is 10.9. The minimum atomic E-state index is -0.329. The highest BCUT2D eigenvalue weighted by molar-refractivity contribution is 5.54. The fraction of sp³-hybridized carbons (Fsp3) is 0.571. The smallest absolute Gasteiger partial charge is 0.274 e. The van der Waals surface area contributed by atoms with Crippen molar-refractivity contribution in [2.75, 3.05) is 25.0 Å². The fourth-order valence-electron chi connectivity index (χ4n) is 2.49. The summed E-state index contributed by atoms with van der Waals surface area (Å²) in [5.41, 5.74) is 1.70. The van der Waals surface area contributed by atoms with E-state index in [0.29, 0.717) is 11.6 Å². The molecule has 1 saturated heterocycles. The largest absolute Gasteiger partial charge is 0.383 e. The highest BCUT2D eigenvalue weighted by Gasteiger charge is 2.18. The molecule has 0 spiro atoms. The molecule has 0 amide bonds. The van der Waals surface area contributed by atoms with Crippen molar-refractivity contribution in [1.29, 1.82) is 0 Å². The van der Waals surface area contributed by atoms with Gasteiger partial charge in [-0.3, -0.25) is 15.0 Å². The molecule has 104 valence electrons. The first-order valence-corrected chi connectivity index (χ1v) is 6.81. The summed E-state index contributed by atoms with van der Waals surface area (Å²) in [4.78, 5) is 13.0. The number of nitro groups is 1. The van der Waals surface area contributed by atoms with Crippen LogP contribution in [0.15, 0.2) is 18.2 Å². The van der Waals surface area contributed by atoms with Gasteiger partial charge in [-0.25, -0.2) is 0 Å². The zero-order chi connectivity index (χ0) is 13.8. The van der Waals surface area contributed by atoms with Crippen molar-refractivity contribution in [3.63, 3.8) is 0 Å². The van der Waals surface area contributed by atoms with E-state index < -0.39 is 0 Å². The van der Waals surface area contributed by atoms with Gasteiger partial charge >= 0.3 is 0 Å². The first-order valence-electron chi connectivity index (χ1n) is 6.81. The van der Waals surface area contributed by atoms with E-state index >= 15 is 0 Å². The Morgan fingerprint density at radius 2 is 2.11 bits per heavy atom. The highest BCUT2D eigenvalue weighted by Crippen LogP contribution is 2.22. The maximum Gasteiger partial charge on any atom is 0.274 e. The fourth-order valence-corrected chi connectivity index (χ4v) is 2.49. The number of aryl methyl sites for hydroxylation is 1. The molecule has 1 unspecified atom stereocenters. The van der Waals surface area contributed by atoms with Crippen LogP contribution in [-0.4, -0.2) is 35.5 Å². The van der Waals surface area contributed by atoms with Crippen LogP contribution in [0.2, 0.25) is 0 Å². The van der Waals surface area contributed by atoms with Crippen molar-refractivity contribution in [3.8, 4) is 0 Å². The topological polar surface area (TPSA) is 58.4 Å². The number of nitrogens with one attached hydrogen (secondary N) is 1. The second kappa shape index (κ2) is 6.02. The lowest BCUT2D eigenvalue weighted by Crippen LogP contribution is -2.35. The monoisotopic (exact) mass is 263 g/mol. The van der Waals surface area contributed by atoms with E-state index in [1.807, 2.05) is 6.07 Å². The summed E-state index contributed by atoms with van der Waals surface area (Å²) in [6, 6.07) is 5.77. The van der Waals surface area contributed by atoms with Crippen molar-refractivity contribution >= 4 is 11.4 Å². The minimum absolute atomic E-state index is 0.179. The van der Waals surface area contributed by atoms with Gasteiger partial charge in [-0.05, 0) is 45.8 Å². The number of hydrogen-bond donors (Lipinski definition) is 1. The number of benzene rings is 1. The number of likely N-dealkylation sites (tertiary alicyclic amines) is 1. The first kappa shape index (κ1) is 13.8. The normalized spacial score (nSPS) is 17.4. The lowest BCUT2D eigenvalue weighted by atomic mass is 10.2. The maximum atomic E-state index is 10.9. The van der Waals surface area contributed by atoms with Gasteiger partial charge in [0.1, 0.15) is 0 Å². The molecule has 0 bridgehead atoms. The van der Waals surface area contributed by atoms with Gasteiger partial charge in [0.05, 0.1) is 4.92 Å². The average molecular weight is 263 g/mol. The van der Waals surface area contributed by atoms with Gasteiger partial charge in [0.2, 0.25) is 0 Å². The van der Waals surface area contributed by atoms with Gasteiger partial charge in [0.25, 0.3) is 5.69 Å². The third-order valence-electron chi connectivity index (χ3n) is 3.77. The van der Waals surface area contributed by atoms with Crippen molar-refractivity contribution in [2.45, 2.75) is 32.7 Å². The number of rotatable bonds is 5. The molecule has 0 saturated carbocycles. The highest BCUT2D eigenvalue weighted by atomic mass is 16.6. The van der Waals surface area contributed by atoms with Crippen molar-refractivity contribution in [1.82, 2.24) is 4.90 Å². The van der Waals surface area contributed by atoms with E-state index in [0.717, 1.165) is 25.3 Å². The van der Waals surface area contributed by atoms with Crippen LogP contribution in [0.3, 0.4) is 0 Å². The Kier molecular flexibility index (Phi) is 4.37. The summed E-state index contributed by atoms with van der Waals surface area (Å²) in [5, 5.41) is 14.2. The van der Waals surface area contributed by atoms with Gasteiger partial charge in [-0.15, -0.1) is 0 Å². The number of nitro benzene ring substituents is 1. The van der Waals surface area contributed by atoms with E-state index in [1.54, 1.807) is 19.1 Å². The van der Waals surface area contributed by atoms with Crippen LogP contribution < -0.4 is 5.32 Å². The zero-order valence-corrected chi connectivity index (χ0v) is 11.6. The Morgan fingerprint density at radius 3 is 2.74 bits per heavy atom. The molecule has 0 aliphatic carbocycles. The van der Waals surface area contributed by atoms with E-state index in [2.05, 4.69) is 17.1 Å². The molecule has 1 atom stereocenters. The lowest BCUT2D eigenvalue weighted by Gasteiger charge is -2.24. The van der Waals surface area contributed by atoms with Crippen LogP contribution in [0, 0.1) is 17.0 Å². The van der Waals surface area contributed by atoms with E-state index in [4.69, 9.17) is 0 Å². The quantitative estimate of drug-likeness (QED) is 0.655. The molecule has 2 rings (SSSR count). The van der Waals surface area contributed by atoms with Gasteiger partial charge in [0, 0.05) is 29.9 Å². The molecule has 1 aromatic rings. The molecule has 1 aliphatic rings. The summed E-state index contributed by atoms with van der Waals surface area (Å²) in [5.74, 6) is 0. The molecule has 1 N–H and O–H groups in total. The standard InChI is InChI=1S/C14H21N3O2/c1-11-5-6-13(9-14(11)17(18)19)15-10-12(2)16-7-3-4-8-16/h5-6,9,12,15H,3-4,7-8,10H2,1-2H3. The third-order valence-corrected chi connectivity index (χ3v) is 3.77. The second-order valence-electron chi connectivity index (χ2n) is 5.23. The van der Waals surface area contributed by atoms with Gasteiger partial charge in [0.15, 0.2) is 0 Å². The molecular weight excluding hydrogens is 242 g/mol. The van der Waals surface area contributed by atoms with Crippen LogP contribution >= 0.6 is 0 Å². The van der Waals surface area contributed by atoms with E-state index in [-0.39, 0.29) is 10.6 Å². The minimum Gasteiger partial charge on any atom is -0.383 e. The second-order valence-corrected chi connectivity index (χ2v) is 5.23. The molecule has 1 heterocycles. The van der Waals surface area contributed by atoms with Crippen LogP contribution in [0.5, 0.6) is 0 Å². The Balaban J connectivity index is 1.95. The van der Waals surface area contributed by atoms with Gasteiger partial charge in [-0.1, -0.05) is 6.07 Å². The summed E-state index contributed by atoms with van der Waals surface area (Å²) >= 11 is 0. The van der Waals surface area contributed by atoms with Crippen LogP contribution in [0.25, 0.3) is 0 Å². The van der Waals surface area contributed by atoms with Gasteiger partial charge in [-0.2, -0.15) is 0 Å². The lowest BCUT2D eigenvalue weighted by molar-refractivity contribution is -0.385. The summed E-state index contributed by atoms with van der Waals surface area (Å²) in [7, 11) is 0. The molecule has 19 heavy (non-hydrogen) atoms. The van der Waals surface area contributed by atoms with Gasteiger partial charge < -0.3 is 5.32 Å². The Hall–Kier alpha value is -1.62. The van der Waals surface area contributed by atoms with Crippen molar-refractivity contribution < 1.29 is 4.92 Å². The molecule has 1 fully saturated rings. The summed E-state index contributed by atoms with van der Waals surface area (Å²) < 4.78 is 0. The predicted molar refractivity (Wildman–Crippen MR) is 76.6 cm³/mol. The number of hydrogen-bond acceptors (Lipinski definition) is 4. The number of anilines is 1. The zero-order valence-electron chi connectivity index (χ0n) is 11.6. The predicted octanol–water partition coefficient (Wildman–Crippen LogP) is 2.80. The van der Waals surface area contributed by atoms with Crippen molar-refractivity contribution in [3.05, 3.63) is 33.9 Å². The Bertz CT molecular complexity index is 456. The Morgan fingerprint density at radius 1 is 1.42 bits per heavy atom. The Labute approximate surface area is 113 Å². The number of nitrogens with zero attached hydrogens (tertiary/aromatic N) is 2. The summed E-state index contributed by atoms with van der Waals surface area (Å²) in [6.45, 7) is 7.10. The average Bonchev–Trinajstić information content (AvgIpc) is 2.91. The first-order chi connectivity index (χ1) is 9.08. The summed E-state index contributed by atoms with van der Waals surface area (Å²) in [6.07, 6.45) is 2.56. The third kappa shape index (κ3) is 3.44. The van der Waals surface area contributed by atoms with Crippen molar-refractivity contribution in [2.24, 2.45) is 0 Å². The SMILES string of the molecule is Cc1ccc(NCC(C)N2CCCC2)cc1[N+](=O)[O-]. The molecule has 5 nitrogen and oxygen atoms in total. The van der Waals surface area contributed by atoms with Crippen LogP contribution in [-0.2, 0) is 0 Å². The van der Waals surface area contributed by atoms with Crippen LogP contribution in [0.1, 0.15) is 25.3 Å². The van der Waals surface area contributed by atoms with E-state index in [1.165, 1.54) is 12.8 Å². The molecule has 1 aliphatic heterocycles.